The number of allylic oxidation sites excluding steroid dienone is 1. The third kappa shape index (κ3) is 3.01. The molecule has 0 saturated carbocycles. The van der Waals surface area contributed by atoms with Crippen molar-refractivity contribution < 1.29 is 4.92 Å². The predicted octanol–water partition coefficient (Wildman–Crippen LogP) is 3.10. The Hall–Kier alpha value is -1.64. The molecule has 0 atom stereocenters. The van der Waals surface area contributed by atoms with E-state index in [0.717, 1.165) is 12.0 Å². The lowest BCUT2D eigenvalue weighted by molar-refractivity contribution is -0.426. The molecule has 0 aliphatic carbocycles. The molecule has 0 N–H and O–H groups in total. The molecule has 0 radical (unpaired) electrons. The van der Waals surface area contributed by atoms with E-state index in [0.29, 0.717) is 6.42 Å². The number of nitro groups is 1. The zero-order valence-electron chi connectivity index (χ0n) is 8.14. The Labute approximate surface area is 83.2 Å². The average Bonchev–Trinajstić information content (AvgIpc) is 2.18. The van der Waals surface area contributed by atoms with E-state index < -0.39 is 0 Å². The fourth-order valence-corrected chi connectivity index (χ4v) is 1.21. The molecule has 0 aliphatic rings. The lowest BCUT2D eigenvalue weighted by atomic mass is 10.1. The molecular weight excluding hydrogens is 178 g/mol. The predicted molar refractivity (Wildman–Crippen MR) is 56.3 cm³/mol. The lowest BCUT2D eigenvalue weighted by Crippen LogP contribution is -1.97. The molecule has 1 rings (SSSR count). The van der Waals surface area contributed by atoms with Gasteiger partial charge >= 0.3 is 0 Å². The molecule has 3 nitrogen and oxygen atoms in total. The van der Waals surface area contributed by atoms with E-state index in [1.165, 1.54) is 0 Å². The van der Waals surface area contributed by atoms with Crippen LogP contribution in [0.4, 0.5) is 0 Å². The van der Waals surface area contributed by atoms with E-state index in [2.05, 4.69) is 0 Å². The van der Waals surface area contributed by atoms with Crippen molar-refractivity contribution in [3.8, 4) is 0 Å². The molecule has 1 aromatic carbocycles. The molecule has 0 unspecified atom stereocenters. The lowest BCUT2D eigenvalue weighted by Gasteiger charge is -1.96. The van der Waals surface area contributed by atoms with Gasteiger partial charge in [0.25, 0.3) is 0 Å². The van der Waals surface area contributed by atoms with Crippen molar-refractivity contribution in [2.45, 2.75) is 19.8 Å². The van der Waals surface area contributed by atoms with Crippen LogP contribution in [0.5, 0.6) is 0 Å². The normalized spacial score (nSPS) is 11.4. The highest BCUT2D eigenvalue weighted by Gasteiger charge is 2.08. The van der Waals surface area contributed by atoms with Gasteiger partial charge in [-0.1, -0.05) is 37.3 Å². The molecule has 0 aliphatic heterocycles. The van der Waals surface area contributed by atoms with Gasteiger partial charge in [-0.2, -0.15) is 0 Å². The maximum Gasteiger partial charge on any atom is 0.246 e. The summed E-state index contributed by atoms with van der Waals surface area (Å²) in [7, 11) is 0. The monoisotopic (exact) mass is 191 g/mol. The van der Waals surface area contributed by atoms with Gasteiger partial charge in [-0.25, -0.2) is 0 Å². The van der Waals surface area contributed by atoms with Gasteiger partial charge in [0.15, 0.2) is 0 Å². The first kappa shape index (κ1) is 10.4. The molecule has 14 heavy (non-hydrogen) atoms. The maximum atomic E-state index is 10.6. The summed E-state index contributed by atoms with van der Waals surface area (Å²) in [6, 6.07) is 9.35. The third-order valence-electron chi connectivity index (χ3n) is 1.87. The minimum atomic E-state index is -0.309. The molecule has 0 bridgehead atoms. The van der Waals surface area contributed by atoms with Crippen molar-refractivity contribution >= 4 is 6.08 Å². The molecule has 0 heterocycles. The fourth-order valence-electron chi connectivity index (χ4n) is 1.21. The highest BCUT2D eigenvalue weighted by molar-refractivity contribution is 5.50. The zero-order valence-corrected chi connectivity index (χ0v) is 8.14. The maximum absolute atomic E-state index is 10.6. The van der Waals surface area contributed by atoms with E-state index in [1.807, 2.05) is 37.3 Å². The van der Waals surface area contributed by atoms with Crippen LogP contribution in [0.25, 0.3) is 6.08 Å². The van der Waals surface area contributed by atoms with Gasteiger partial charge in [-0.3, -0.25) is 10.1 Å². The molecule has 0 amide bonds. The van der Waals surface area contributed by atoms with Gasteiger partial charge in [-0.05, 0) is 12.0 Å². The second-order valence-corrected chi connectivity index (χ2v) is 3.05. The molecular formula is C11H13NO2. The van der Waals surface area contributed by atoms with Crippen molar-refractivity contribution in [3.05, 3.63) is 51.7 Å². The number of hydrogen-bond donors (Lipinski definition) is 0. The highest BCUT2D eigenvalue weighted by atomic mass is 16.6. The molecule has 74 valence electrons. The smallest absolute Gasteiger partial charge is 0.246 e. The summed E-state index contributed by atoms with van der Waals surface area (Å²) in [4.78, 5) is 10.3. The number of hydrogen-bond acceptors (Lipinski definition) is 2. The van der Waals surface area contributed by atoms with Gasteiger partial charge in [0.05, 0.1) is 4.92 Å². The number of benzene rings is 1. The van der Waals surface area contributed by atoms with Crippen LogP contribution < -0.4 is 0 Å². The minimum Gasteiger partial charge on any atom is -0.259 e. The average molecular weight is 191 g/mol. The largest absolute Gasteiger partial charge is 0.259 e. The zero-order chi connectivity index (χ0) is 10.4. The third-order valence-corrected chi connectivity index (χ3v) is 1.87. The second-order valence-electron chi connectivity index (χ2n) is 3.05. The number of nitrogens with zero attached hydrogens (tertiary/aromatic N) is 1. The Morgan fingerprint density at radius 2 is 2.07 bits per heavy atom. The first-order chi connectivity index (χ1) is 6.74. The van der Waals surface area contributed by atoms with Gasteiger partial charge < -0.3 is 0 Å². The van der Waals surface area contributed by atoms with E-state index in [4.69, 9.17) is 0 Å². The summed E-state index contributed by atoms with van der Waals surface area (Å²) in [5, 5.41) is 10.6. The van der Waals surface area contributed by atoms with Crippen molar-refractivity contribution in [2.24, 2.45) is 0 Å². The molecule has 3 heteroatoms. The van der Waals surface area contributed by atoms with Crippen molar-refractivity contribution in [2.75, 3.05) is 0 Å². The summed E-state index contributed by atoms with van der Waals surface area (Å²) >= 11 is 0. The van der Waals surface area contributed by atoms with E-state index in [-0.39, 0.29) is 10.6 Å². The summed E-state index contributed by atoms with van der Waals surface area (Å²) in [6.45, 7) is 1.93. The summed E-state index contributed by atoms with van der Waals surface area (Å²) in [5.74, 6) is 0. The molecule has 0 saturated heterocycles. The van der Waals surface area contributed by atoms with Crippen LogP contribution in [-0.2, 0) is 0 Å². The van der Waals surface area contributed by atoms with Crippen LogP contribution in [0.2, 0.25) is 0 Å². The van der Waals surface area contributed by atoms with E-state index in [9.17, 15) is 10.1 Å². The molecule has 0 fully saturated rings. The van der Waals surface area contributed by atoms with Gasteiger partial charge in [-0.15, -0.1) is 0 Å². The first-order valence-corrected chi connectivity index (χ1v) is 4.64. The molecule has 0 aromatic heterocycles. The summed E-state index contributed by atoms with van der Waals surface area (Å²) in [5.41, 5.74) is 1.16. The van der Waals surface area contributed by atoms with Gasteiger partial charge in [0, 0.05) is 12.5 Å². The van der Waals surface area contributed by atoms with Crippen LogP contribution in [0, 0.1) is 10.1 Å². The molecule has 1 aromatic rings. The molecule has 0 spiro atoms. The van der Waals surface area contributed by atoms with Crippen LogP contribution in [0.3, 0.4) is 0 Å². The Kier molecular flexibility index (Phi) is 3.85. The highest BCUT2D eigenvalue weighted by Crippen LogP contribution is 2.11. The van der Waals surface area contributed by atoms with Crippen molar-refractivity contribution in [1.82, 2.24) is 0 Å². The number of rotatable bonds is 4. The van der Waals surface area contributed by atoms with Crippen LogP contribution in [0.15, 0.2) is 36.0 Å². The van der Waals surface area contributed by atoms with Crippen LogP contribution in [-0.4, -0.2) is 4.92 Å². The Bertz CT molecular complexity index is 330. The van der Waals surface area contributed by atoms with Crippen LogP contribution >= 0.6 is 0 Å². The quantitative estimate of drug-likeness (QED) is 0.542. The van der Waals surface area contributed by atoms with Crippen molar-refractivity contribution in [3.63, 3.8) is 0 Å². The second kappa shape index (κ2) is 5.17. The van der Waals surface area contributed by atoms with Crippen molar-refractivity contribution in [1.29, 1.82) is 0 Å². The summed E-state index contributed by atoms with van der Waals surface area (Å²) < 4.78 is 0. The Balaban J connectivity index is 2.88. The van der Waals surface area contributed by atoms with E-state index in [1.54, 1.807) is 6.08 Å². The fraction of sp³-hybridized carbons (Fsp3) is 0.273. The standard InChI is InChI=1S/C11H13NO2/c1-2-6-11(12(13)14)9-10-7-4-3-5-8-10/h3-5,7-9H,2,6H2,1H3/b11-9-. The Morgan fingerprint density at radius 3 is 2.57 bits per heavy atom. The SMILES string of the molecule is CCC/C(=C/c1ccccc1)[N+](=O)[O-]. The Morgan fingerprint density at radius 1 is 1.43 bits per heavy atom. The summed E-state index contributed by atoms with van der Waals surface area (Å²) in [6.07, 6.45) is 2.94. The minimum absolute atomic E-state index is 0.277. The van der Waals surface area contributed by atoms with E-state index >= 15 is 0 Å². The topological polar surface area (TPSA) is 43.1 Å². The first-order valence-electron chi connectivity index (χ1n) is 4.64. The van der Waals surface area contributed by atoms with Gasteiger partial charge in [0.1, 0.15) is 0 Å². The van der Waals surface area contributed by atoms with Crippen LogP contribution in [0.1, 0.15) is 25.3 Å². The van der Waals surface area contributed by atoms with Gasteiger partial charge in [0.2, 0.25) is 5.70 Å².